The molecule has 0 atom stereocenters. The van der Waals surface area contributed by atoms with Crippen LogP contribution >= 0.6 is 0 Å². The summed E-state index contributed by atoms with van der Waals surface area (Å²) >= 11 is 0. The van der Waals surface area contributed by atoms with Gasteiger partial charge in [-0.25, -0.2) is 0 Å². The van der Waals surface area contributed by atoms with Crippen molar-refractivity contribution in [3.05, 3.63) is 64.5 Å². The van der Waals surface area contributed by atoms with E-state index >= 15 is 0 Å². The topological polar surface area (TPSA) is 30.0 Å². The second-order valence-electron chi connectivity index (χ2n) is 4.26. The third kappa shape index (κ3) is 2.59. The molecule has 2 aromatic rings. The lowest BCUT2D eigenvalue weighted by Crippen LogP contribution is -1.99. The van der Waals surface area contributed by atoms with Gasteiger partial charge in [-0.1, -0.05) is 23.8 Å². The molecule has 0 N–H and O–H groups in total. The summed E-state index contributed by atoms with van der Waals surface area (Å²) in [5, 5.41) is 0. The minimum Gasteiger partial charge on any atom is -0.298 e. The van der Waals surface area contributed by atoms with Crippen LogP contribution in [0.5, 0.6) is 0 Å². The molecule has 86 valence electrons. The number of benzene rings is 1. The van der Waals surface area contributed by atoms with Gasteiger partial charge in [-0.3, -0.25) is 9.78 Å². The van der Waals surface area contributed by atoms with Crippen LogP contribution in [0.4, 0.5) is 0 Å². The zero-order valence-electron chi connectivity index (χ0n) is 10.1. The Kier molecular flexibility index (Phi) is 3.33. The number of aldehydes is 1. The van der Waals surface area contributed by atoms with Gasteiger partial charge in [-0.05, 0) is 37.1 Å². The van der Waals surface area contributed by atoms with Crippen LogP contribution in [0.25, 0.3) is 0 Å². The zero-order valence-corrected chi connectivity index (χ0v) is 10.1. The molecule has 2 heteroatoms. The molecule has 0 radical (unpaired) electrons. The molecule has 0 spiro atoms. The summed E-state index contributed by atoms with van der Waals surface area (Å²) in [7, 11) is 0. The quantitative estimate of drug-likeness (QED) is 0.751. The van der Waals surface area contributed by atoms with Crippen molar-refractivity contribution in [3.63, 3.8) is 0 Å². The van der Waals surface area contributed by atoms with Gasteiger partial charge in [0.2, 0.25) is 0 Å². The van der Waals surface area contributed by atoms with Crippen LogP contribution in [0.15, 0.2) is 36.5 Å². The van der Waals surface area contributed by atoms with E-state index in [1.54, 1.807) is 18.3 Å². The Balaban J connectivity index is 2.37. The van der Waals surface area contributed by atoms with Crippen LogP contribution in [-0.4, -0.2) is 11.3 Å². The number of hydrogen-bond acceptors (Lipinski definition) is 2. The molecule has 0 saturated heterocycles. The third-order valence-corrected chi connectivity index (χ3v) is 2.91. The Hall–Kier alpha value is -1.96. The Morgan fingerprint density at radius 1 is 1.24 bits per heavy atom. The molecule has 0 aliphatic rings. The molecule has 0 amide bonds. The zero-order chi connectivity index (χ0) is 12.3. The normalized spacial score (nSPS) is 10.2. The van der Waals surface area contributed by atoms with E-state index in [4.69, 9.17) is 0 Å². The molecule has 1 aromatic heterocycles. The molecule has 0 aliphatic heterocycles. The SMILES string of the molecule is Cc1ccc(C)c(Cc2ncccc2C=O)c1. The van der Waals surface area contributed by atoms with Crippen molar-refractivity contribution >= 4 is 6.29 Å². The number of hydrogen-bond donors (Lipinski definition) is 0. The maximum atomic E-state index is 10.9. The van der Waals surface area contributed by atoms with Crippen molar-refractivity contribution in [2.24, 2.45) is 0 Å². The summed E-state index contributed by atoms with van der Waals surface area (Å²) in [5.41, 5.74) is 5.21. The van der Waals surface area contributed by atoms with Crippen LogP contribution < -0.4 is 0 Å². The lowest BCUT2D eigenvalue weighted by molar-refractivity contribution is 0.112. The van der Waals surface area contributed by atoms with Crippen LogP contribution in [0.1, 0.15) is 32.7 Å². The molecule has 1 aromatic carbocycles. The van der Waals surface area contributed by atoms with E-state index in [-0.39, 0.29) is 0 Å². The van der Waals surface area contributed by atoms with Crippen LogP contribution in [0.2, 0.25) is 0 Å². The van der Waals surface area contributed by atoms with Gasteiger partial charge in [0.05, 0.1) is 5.69 Å². The molecule has 2 rings (SSSR count). The number of carbonyl (C=O) groups is 1. The highest BCUT2D eigenvalue weighted by Crippen LogP contribution is 2.16. The molecule has 0 aliphatic carbocycles. The van der Waals surface area contributed by atoms with Crippen LogP contribution in [0, 0.1) is 13.8 Å². The summed E-state index contributed by atoms with van der Waals surface area (Å²) in [4.78, 5) is 15.2. The third-order valence-electron chi connectivity index (χ3n) is 2.91. The number of aryl methyl sites for hydroxylation is 2. The van der Waals surface area contributed by atoms with E-state index in [2.05, 4.69) is 37.0 Å². The van der Waals surface area contributed by atoms with E-state index < -0.39 is 0 Å². The minimum atomic E-state index is 0.674. The summed E-state index contributed by atoms with van der Waals surface area (Å²) in [6.45, 7) is 4.15. The average Bonchev–Trinajstić information content (AvgIpc) is 2.34. The van der Waals surface area contributed by atoms with Crippen molar-refractivity contribution in [2.45, 2.75) is 20.3 Å². The van der Waals surface area contributed by atoms with Crippen molar-refractivity contribution in [1.82, 2.24) is 4.98 Å². The van der Waals surface area contributed by atoms with Gasteiger partial charge in [0.1, 0.15) is 0 Å². The lowest BCUT2D eigenvalue weighted by atomic mass is 9.99. The monoisotopic (exact) mass is 225 g/mol. The van der Waals surface area contributed by atoms with Gasteiger partial charge in [0.15, 0.2) is 6.29 Å². The fourth-order valence-corrected chi connectivity index (χ4v) is 1.88. The second-order valence-corrected chi connectivity index (χ2v) is 4.26. The molecule has 0 unspecified atom stereocenters. The van der Waals surface area contributed by atoms with E-state index in [0.717, 1.165) is 12.0 Å². The smallest absolute Gasteiger partial charge is 0.151 e. The first-order valence-electron chi connectivity index (χ1n) is 5.66. The number of carbonyl (C=O) groups excluding carboxylic acids is 1. The number of nitrogens with zero attached hydrogens (tertiary/aromatic N) is 1. The van der Waals surface area contributed by atoms with Crippen molar-refractivity contribution in [3.8, 4) is 0 Å². The first-order chi connectivity index (χ1) is 8.20. The van der Waals surface area contributed by atoms with Gasteiger partial charge in [0.25, 0.3) is 0 Å². The molecule has 2 nitrogen and oxygen atoms in total. The Labute approximate surface area is 101 Å². The minimum absolute atomic E-state index is 0.674. The van der Waals surface area contributed by atoms with Crippen molar-refractivity contribution in [2.75, 3.05) is 0 Å². The fraction of sp³-hybridized carbons (Fsp3) is 0.200. The highest BCUT2D eigenvalue weighted by molar-refractivity contribution is 5.76. The Morgan fingerprint density at radius 3 is 2.82 bits per heavy atom. The Bertz CT molecular complexity index is 546. The maximum absolute atomic E-state index is 10.9. The number of pyridine rings is 1. The first-order valence-corrected chi connectivity index (χ1v) is 5.66. The average molecular weight is 225 g/mol. The highest BCUT2D eigenvalue weighted by atomic mass is 16.1. The predicted molar refractivity (Wildman–Crippen MR) is 68.3 cm³/mol. The molecular formula is C15H15NO. The molecular weight excluding hydrogens is 210 g/mol. The van der Waals surface area contributed by atoms with E-state index in [1.165, 1.54) is 16.7 Å². The number of aromatic nitrogens is 1. The largest absolute Gasteiger partial charge is 0.298 e. The molecule has 0 fully saturated rings. The van der Waals surface area contributed by atoms with Crippen LogP contribution in [0.3, 0.4) is 0 Å². The van der Waals surface area contributed by atoms with E-state index in [0.29, 0.717) is 12.0 Å². The highest BCUT2D eigenvalue weighted by Gasteiger charge is 2.06. The lowest BCUT2D eigenvalue weighted by Gasteiger charge is -2.08. The van der Waals surface area contributed by atoms with Gasteiger partial charge < -0.3 is 0 Å². The first kappa shape index (κ1) is 11.5. The van der Waals surface area contributed by atoms with E-state index in [1.807, 2.05) is 0 Å². The summed E-state index contributed by atoms with van der Waals surface area (Å²) in [5.74, 6) is 0. The number of rotatable bonds is 3. The second kappa shape index (κ2) is 4.91. The molecule has 1 heterocycles. The molecule has 0 bridgehead atoms. The van der Waals surface area contributed by atoms with Crippen LogP contribution in [-0.2, 0) is 6.42 Å². The van der Waals surface area contributed by atoms with Gasteiger partial charge in [-0.2, -0.15) is 0 Å². The van der Waals surface area contributed by atoms with Gasteiger partial charge >= 0.3 is 0 Å². The molecule has 0 saturated carbocycles. The summed E-state index contributed by atoms with van der Waals surface area (Å²) in [6.07, 6.45) is 3.31. The summed E-state index contributed by atoms with van der Waals surface area (Å²) < 4.78 is 0. The van der Waals surface area contributed by atoms with E-state index in [9.17, 15) is 4.79 Å². The van der Waals surface area contributed by atoms with Crippen molar-refractivity contribution < 1.29 is 4.79 Å². The molecule has 17 heavy (non-hydrogen) atoms. The predicted octanol–water partition coefficient (Wildman–Crippen LogP) is 3.10. The van der Waals surface area contributed by atoms with Gasteiger partial charge in [0, 0.05) is 18.2 Å². The fourth-order valence-electron chi connectivity index (χ4n) is 1.88. The maximum Gasteiger partial charge on any atom is 0.151 e. The Morgan fingerprint density at radius 2 is 2.06 bits per heavy atom. The summed E-state index contributed by atoms with van der Waals surface area (Å²) in [6, 6.07) is 9.95. The van der Waals surface area contributed by atoms with Crippen molar-refractivity contribution in [1.29, 1.82) is 0 Å². The van der Waals surface area contributed by atoms with Gasteiger partial charge in [-0.15, -0.1) is 0 Å². The standard InChI is InChI=1S/C15H15NO/c1-11-5-6-12(2)14(8-11)9-15-13(10-17)4-3-7-16-15/h3-8,10H,9H2,1-2H3.